The summed E-state index contributed by atoms with van der Waals surface area (Å²) in [6.45, 7) is 5.76. The molecule has 1 unspecified atom stereocenters. The summed E-state index contributed by atoms with van der Waals surface area (Å²) in [5, 5.41) is 16.1. The molecule has 0 fully saturated rings. The van der Waals surface area contributed by atoms with E-state index in [1.54, 1.807) is 0 Å². The van der Waals surface area contributed by atoms with E-state index in [9.17, 15) is 9.59 Å². The van der Waals surface area contributed by atoms with Gasteiger partial charge in [-0.1, -0.05) is 11.6 Å². The van der Waals surface area contributed by atoms with Crippen LogP contribution in [-0.2, 0) is 4.79 Å². The lowest BCUT2D eigenvalue weighted by molar-refractivity contribution is -0.116. The average Bonchev–Trinajstić information content (AvgIpc) is 2.77. The van der Waals surface area contributed by atoms with Crippen molar-refractivity contribution < 1.29 is 14.7 Å². The normalized spacial score (nSPS) is 12.0. The van der Waals surface area contributed by atoms with Crippen LogP contribution >= 0.6 is 11.6 Å². The number of carboxylic acid groups (broad SMARTS) is 1. The van der Waals surface area contributed by atoms with Gasteiger partial charge in [-0.15, -0.1) is 0 Å². The van der Waals surface area contributed by atoms with E-state index >= 15 is 0 Å². The first-order valence-corrected chi connectivity index (χ1v) is 7.51. The Kier molecular flexibility index (Phi) is 5.05. The van der Waals surface area contributed by atoms with E-state index in [1.807, 2.05) is 31.5 Å². The Balaban J connectivity index is 2.03. The summed E-state index contributed by atoms with van der Waals surface area (Å²) in [4.78, 5) is 23.0. The Labute approximate surface area is 139 Å². The van der Waals surface area contributed by atoms with Crippen molar-refractivity contribution in [3.63, 3.8) is 0 Å². The maximum Gasteiger partial charge on any atom is 0.337 e. The van der Waals surface area contributed by atoms with Gasteiger partial charge in [0.2, 0.25) is 5.91 Å². The van der Waals surface area contributed by atoms with Crippen LogP contribution in [0.3, 0.4) is 0 Å². The van der Waals surface area contributed by atoms with Gasteiger partial charge in [-0.3, -0.25) is 9.48 Å². The number of carbonyl (C=O) groups is 2. The van der Waals surface area contributed by atoms with Crippen molar-refractivity contribution in [2.24, 2.45) is 0 Å². The van der Waals surface area contributed by atoms with Gasteiger partial charge in [0.15, 0.2) is 0 Å². The number of amides is 1. The molecule has 0 aliphatic carbocycles. The molecule has 23 heavy (non-hydrogen) atoms. The van der Waals surface area contributed by atoms with Crippen molar-refractivity contribution in [2.45, 2.75) is 33.2 Å². The van der Waals surface area contributed by atoms with Gasteiger partial charge in [0.05, 0.1) is 22.3 Å². The molecule has 1 heterocycles. The number of hydrogen-bond acceptors (Lipinski definition) is 3. The number of aromatic nitrogens is 2. The van der Waals surface area contributed by atoms with Crippen LogP contribution in [0.5, 0.6) is 0 Å². The summed E-state index contributed by atoms with van der Waals surface area (Å²) in [5.41, 5.74) is 2.37. The highest BCUT2D eigenvalue weighted by molar-refractivity contribution is 6.33. The van der Waals surface area contributed by atoms with Crippen molar-refractivity contribution in [1.82, 2.24) is 9.78 Å². The van der Waals surface area contributed by atoms with E-state index < -0.39 is 5.97 Å². The smallest absolute Gasteiger partial charge is 0.337 e. The summed E-state index contributed by atoms with van der Waals surface area (Å²) in [6, 6.07) is 6.18. The minimum Gasteiger partial charge on any atom is -0.478 e. The molecule has 7 heteroatoms. The largest absolute Gasteiger partial charge is 0.478 e. The molecule has 2 aromatic rings. The molecule has 1 aromatic carbocycles. The Bertz CT molecular complexity index is 755. The number of halogens is 1. The van der Waals surface area contributed by atoms with Crippen LogP contribution in [-0.4, -0.2) is 26.8 Å². The van der Waals surface area contributed by atoms with E-state index in [2.05, 4.69) is 10.4 Å². The SMILES string of the molecule is Cc1cc(C)n(C(C)CC(=O)Nc2ccc(C(=O)O)c(Cl)c2)n1. The molecule has 0 aliphatic heterocycles. The van der Waals surface area contributed by atoms with Gasteiger partial charge in [0, 0.05) is 17.8 Å². The van der Waals surface area contributed by atoms with Gasteiger partial charge in [0.25, 0.3) is 0 Å². The van der Waals surface area contributed by atoms with E-state index in [0.717, 1.165) is 11.4 Å². The molecular formula is C16H18ClN3O3. The van der Waals surface area contributed by atoms with E-state index in [4.69, 9.17) is 16.7 Å². The highest BCUT2D eigenvalue weighted by Gasteiger charge is 2.15. The number of hydrogen-bond donors (Lipinski definition) is 2. The Morgan fingerprint density at radius 1 is 1.35 bits per heavy atom. The molecule has 0 aliphatic rings. The third-order valence-electron chi connectivity index (χ3n) is 3.43. The number of aryl methyl sites for hydroxylation is 2. The lowest BCUT2D eigenvalue weighted by atomic mass is 10.2. The molecule has 1 amide bonds. The average molecular weight is 336 g/mol. The highest BCUT2D eigenvalue weighted by Crippen LogP contribution is 2.22. The lowest BCUT2D eigenvalue weighted by Crippen LogP contribution is -2.19. The molecule has 1 aromatic heterocycles. The van der Waals surface area contributed by atoms with Crippen molar-refractivity contribution in [1.29, 1.82) is 0 Å². The highest BCUT2D eigenvalue weighted by atomic mass is 35.5. The predicted molar refractivity (Wildman–Crippen MR) is 88.1 cm³/mol. The van der Waals surface area contributed by atoms with Gasteiger partial charge in [-0.05, 0) is 45.0 Å². The third kappa shape index (κ3) is 4.10. The van der Waals surface area contributed by atoms with Crippen LogP contribution in [0, 0.1) is 13.8 Å². The van der Waals surface area contributed by atoms with Crippen molar-refractivity contribution >= 4 is 29.2 Å². The summed E-state index contributed by atoms with van der Waals surface area (Å²) < 4.78 is 1.81. The summed E-state index contributed by atoms with van der Waals surface area (Å²) in [7, 11) is 0. The Morgan fingerprint density at radius 2 is 2.04 bits per heavy atom. The van der Waals surface area contributed by atoms with Gasteiger partial charge >= 0.3 is 5.97 Å². The quantitative estimate of drug-likeness (QED) is 0.876. The van der Waals surface area contributed by atoms with Gasteiger partial charge < -0.3 is 10.4 Å². The summed E-state index contributed by atoms with van der Waals surface area (Å²) >= 11 is 5.89. The van der Waals surface area contributed by atoms with Crippen LogP contribution in [0.1, 0.15) is 41.1 Å². The number of rotatable bonds is 5. The zero-order chi connectivity index (χ0) is 17.1. The second-order valence-corrected chi connectivity index (χ2v) is 5.88. The molecule has 0 bridgehead atoms. The van der Waals surface area contributed by atoms with Crippen LogP contribution in [0.4, 0.5) is 5.69 Å². The molecule has 2 N–H and O–H groups in total. The molecule has 122 valence electrons. The van der Waals surface area contributed by atoms with E-state index in [-0.39, 0.29) is 29.0 Å². The zero-order valence-corrected chi connectivity index (χ0v) is 13.9. The molecule has 0 saturated heterocycles. The molecule has 0 spiro atoms. The molecule has 0 saturated carbocycles. The first-order chi connectivity index (χ1) is 10.8. The number of nitrogens with zero attached hydrogens (tertiary/aromatic N) is 2. The van der Waals surface area contributed by atoms with E-state index in [0.29, 0.717) is 5.69 Å². The molecule has 6 nitrogen and oxygen atoms in total. The molecular weight excluding hydrogens is 318 g/mol. The molecule has 2 rings (SSSR count). The number of benzene rings is 1. The number of carbonyl (C=O) groups excluding carboxylic acids is 1. The Morgan fingerprint density at radius 3 is 2.57 bits per heavy atom. The minimum atomic E-state index is -1.11. The standard InChI is InChI=1S/C16H18ClN3O3/c1-9-6-10(2)20(19-9)11(3)7-15(21)18-12-4-5-13(16(22)23)14(17)8-12/h4-6,8,11H,7H2,1-3H3,(H,18,21)(H,22,23). The Hall–Kier alpha value is -2.34. The number of aromatic carboxylic acids is 1. The topological polar surface area (TPSA) is 84.2 Å². The first kappa shape index (κ1) is 17.0. The van der Waals surface area contributed by atoms with Crippen molar-refractivity contribution in [3.8, 4) is 0 Å². The van der Waals surface area contributed by atoms with Crippen molar-refractivity contribution in [3.05, 3.63) is 46.2 Å². The van der Waals surface area contributed by atoms with Crippen LogP contribution in [0.2, 0.25) is 5.02 Å². The predicted octanol–water partition coefficient (Wildman–Crippen LogP) is 3.44. The van der Waals surface area contributed by atoms with E-state index in [1.165, 1.54) is 18.2 Å². The maximum absolute atomic E-state index is 12.1. The fourth-order valence-electron chi connectivity index (χ4n) is 2.43. The van der Waals surface area contributed by atoms with Crippen LogP contribution < -0.4 is 5.32 Å². The lowest BCUT2D eigenvalue weighted by Gasteiger charge is -2.14. The maximum atomic E-state index is 12.1. The summed E-state index contributed by atoms with van der Waals surface area (Å²) in [6.07, 6.45) is 0.250. The van der Waals surface area contributed by atoms with Gasteiger partial charge in [-0.25, -0.2) is 4.79 Å². The zero-order valence-electron chi connectivity index (χ0n) is 13.1. The number of carboxylic acids is 1. The van der Waals surface area contributed by atoms with Gasteiger partial charge in [0.1, 0.15) is 0 Å². The fraction of sp³-hybridized carbons (Fsp3) is 0.312. The fourth-order valence-corrected chi connectivity index (χ4v) is 2.69. The number of nitrogens with one attached hydrogen (secondary N) is 1. The second kappa shape index (κ2) is 6.83. The van der Waals surface area contributed by atoms with Crippen LogP contribution in [0.25, 0.3) is 0 Å². The first-order valence-electron chi connectivity index (χ1n) is 7.13. The monoisotopic (exact) mass is 335 g/mol. The van der Waals surface area contributed by atoms with Crippen molar-refractivity contribution in [2.75, 3.05) is 5.32 Å². The molecule has 0 radical (unpaired) electrons. The second-order valence-electron chi connectivity index (χ2n) is 5.47. The van der Waals surface area contributed by atoms with Gasteiger partial charge in [-0.2, -0.15) is 5.10 Å². The number of anilines is 1. The third-order valence-corrected chi connectivity index (χ3v) is 3.74. The molecule has 1 atom stereocenters. The minimum absolute atomic E-state index is 0.000625. The van der Waals surface area contributed by atoms with Crippen LogP contribution in [0.15, 0.2) is 24.3 Å². The summed E-state index contributed by atoms with van der Waals surface area (Å²) in [5.74, 6) is -1.30.